The van der Waals surface area contributed by atoms with Crippen LogP contribution in [0.1, 0.15) is 51.0 Å². The Kier molecular flexibility index (Phi) is 7.71. The molecule has 0 aromatic carbocycles. The van der Waals surface area contributed by atoms with Crippen molar-refractivity contribution in [1.29, 1.82) is 0 Å². The highest BCUT2D eigenvalue weighted by molar-refractivity contribution is 8.00. The first-order valence-electron chi connectivity index (χ1n) is 10.5. The highest BCUT2D eigenvalue weighted by Gasteiger charge is 2.38. The van der Waals surface area contributed by atoms with Gasteiger partial charge in [0.15, 0.2) is 0 Å². The molecular formula is C20H31N5O3S. The van der Waals surface area contributed by atoms with Gasteiger partial charge in [-0.3, -0.25) is 19.0 Å². The van der Waals surface area contributed by atoms with Crippen molar-refractivity contribution in [2.24, 2.45) is 0 Å². The number of carbonyl (C=O) groups excluding carboxylic acids is 2. The number of nitrogens with zero attached hydrogens (tertiary/aromatic N) is 3. The van der Waals surface area contributed by atoms with Crippen LogP contribution < -0.4 is 16.2 Å². The lowest BCUT2D eigenvalue weighted by atomic mass is 9.85. The zero-order valence-corrected chi connectivity index (χ0v) is 18.1. The summed E-state index contributed by atoms with van der Waals surface area (Å²) in [5, 5.41) is 6.67. The maximum absolute atomic E-state index is 12.9. The van der Waals surface area contributed by atoms with Crippen LogP contribution in [0.2, 0.25) is 0 Å². The third-order valence-electron chi connectivity index (χ3n) is 5.78. The minimum atomic E-state index is -0.362. The van der Waals surface area contributed by atoms with E-state index in [4.69, 9.17) is 0 Å². The van der Waals surface area contributed by atoms with Gasteiger partial charge in [-0.05, 0) is 25.9 Å². The normalized spacial score (nSPS) is 20.2. The minimum absolute atomic E-state index is 0.0925. The third kappa shape index (κ3) is 5.39. The van der Waals surface area contributed by atoms with Crippen molar-refractivity contribution in [3.8, 4) is 0 Å². The molecule has 2 unspecified atom stereocenters. The maximum Gasteiger partial charge on any atom is 0.258 e. The van der Waals surface area contributed by atoms with Gasteiger partial charge in [0.05, 0.1) is 18.4 Å². The molecule has 29 heavy (non-hydrogen) atoms. The largest absolute Gasteiger partial charge is 0.353 e. The van der Waals surface area contributed by atoms with Crippen LogP contribution in [0.4, 0.5) is 0 Å². The summed E-state index contributed by atoms with van der Waals surface area (Å²) in [5.74, 6) is -0.333. The molecular weight excluding hydrogens is 390 g/mol. The monoisotopic (exact) mass is 421 g/mol. The average molecular weight is 422 g/mol. The van der Waals surface area contributed by atoms with Gasteiger partial charge in [-0.1, -0.05) is 26.7 Å². The van der Waals surface area contributed by atoms with Crippen molar-refractivity contribution in [2.45, 2.75) is 62.3 Å². The first-order chi connectivity index (χ1) is 14.0. The van der Waals surface area contributed by atoms with Crippen molar-refractivity contribution in [3.05, 3.63) is 22.2 Å². The molecule has 1 aromatic heterocycles. The van der Waals surface area contributed by atoms with Crippen molar-refractivity contribution >= 4 is 23.6 Å². The lowest BCUT2D eigenvalue weighted by Gasteiger charge is -2.23. The second-order valence-electron chi connectivity index (χ2n) is 7.60. The summed E-state index contributed by atoms with van der Waals surface area (Å²) in [6.07, 6.45) is 5.94. The Labute approximate surface area is 175 Å². The zero-order valence-electron chi connectivity index (χ0n) is 17.3. The number of fused-ring (bicyclic) bond motifs is 3. The van der Waals surface area contributed by atoms with Gasteiger partial charge in [0.1, 0.15) is 11.6 Å². The number of rotatable bonds is 9. The molecule has 9 heteroatoms. The molecule has 2 amide bonds. The van der Waals surface area contributed by atoms with Crippen LogP contribution in [0.25, 0.3) is 0 Å². The van der Waals surface area contributed by atoms with Gasteiger partial charge in [0, 0.05) is 24.3 Å². The predicted molar refractivity (Wildman–Crippen MR) is 113 cm³/mol. The van der Waals surface area contributed by atoms with E-state index in [9.17, 15) is 14.4 Å². The molecule has 3 rings (SSSR count). The Hall–Kier alpha value is -1.87. The third-order valence-corrected chi connectivity index (χ3v) is 7.19. The lowest BCUT2D eigenvalue weighted by molar-refractivity contribution is -0.126. The summed E-state index contributed by atoms with van der Waals surface area (Å²) in [6, 6.07) is 0. The summed E-state index contributed by atoms with van der Waals surface area (Å²) in [5.41, 5.74) is 0.667. The van der Waals surface area contributed by atoms with Crippen LogP contribution in [0.5, 0.6) is 0 Å². The summed E-state index contributed by atoms with van der Waals surface area (Å²) in [4.78, 5) is 43.7. The second-order valence-corrected chi connectivity index (χ2v) is 8.83. The molecule has 1 saturated carbocycles. The smallest absolute Gasteiger partial charge is 0.258 e. The van der Waals surface area contributed by atoms with Crippen molar-refractivity contribution < 1.29 is 9.59 Å². The lowest BCUT2D eigenvalue weighted by Crippen LogP contribution is -2.42. The second kappa shape index (κ2) is 10.2. The standard InChI is InChI=1S/C20H31N5O3S/c1-3-24(4-2)10-9-21-16(26)11-22-17(27)12-25-13-23-19-18(20(25)28)14-7-5-6-8-15(14)29-19/h13-15H,3-12H2,1-2H3,(H,21,26)(H,22,27). The quantitative estimate of drug-likeness (QED) is 0.577. The van der Waals surface area contributed by atoms with Gasteiger partial charge < -0.3 is 15.5 Å². The van der Waals surface area contributed by atoms with Gasteiger partial charge in [0.25, 0.3) is 5.56 Å². The Morgan fingerprint density at radius 1 is 1.21 bits per heavy atom. The van der Waals surface area contributed by atoms with E-state index >= 15 is 0 Å². The molecule has 0 saturated heterocycles. The van der Waals surface area contributed by atoms with Crippen LogP contribution in [0.3, 0.4) is 0 Å². The zero-order chi connectivity index (χ0) is 20.8. The van der Waals surface area contributed by atoms with E-state index in [2.05, 4.69) is 34.4 Å². The first-order valence-corrected chi connectivity index (χ1v) is 11.4. The molecule has 1 aromatic rings. The number of likely N-dealkylation sites (N-methyl/N-ethyl adjacent to an activating group) is 1. The molecule has 0 spiro atoms. The number of hydrogen-bond acceptors (Lipinski definition) is 6. The molecule has 8 nitrogen and oxygen atoms in total. The molecule has 0 radical (unpaired) electrons. The van der Waals surface area contributed by atoms with E-state index in [-0.39, 0.29) is 36.4 Å². The number of carbonyl (C=O) groups is 2. The molecule has 2 N–H and O–H groups in total. The SMILES string of the molecule is CCN(CC)CCNC(=O)CNC(=O)Cn1cnc2c(c1=O)C1CCCCC1S2. The van der Waals surface area contributed by atoms with E-state index in [1.54, 1.807) is 11.8 Å². The molecule has 2 atom stereocenters. The Bertz CT molecular complexity index is 793. The van der Waals surface area contributed by atoms with Crippen molar-refractivity contribution in [1.82, 2.24) is 25.1 Å². The highest BCUT2D eigenvalue weighted by Crippen LogP contribution is 2.49. The van der Waals surface area contributed by atoms with E-state index in [1.165, 1.54) is 17.3 Å². The summed E-state index contributed by atoms with van der Waals surface area (Å²) in [6.45, 7) is 7.15. The Morgan fingerprint density at radius 3 is 2.72 bits per heavy atom. The Balaban J connectivity index is 1.49. The van der Waals surface area contributed by atoms with Crippen LogP contribution in [-0.2, 0) is 16.1 Å². The molecule has 160 valence electrons. The van der Waals surface area contributed by atoms with E-state index < -0.39 is 0 Å². The molecule has 1 fully saturated rings. The number of amides is 2. The average Bonchev–Trinajstić information content (AvgIpc) is 3.11. The highest BCUT2D eigenvalue weighted by atomic mass is 32.2. The molecule has 1 aliphatic carbocycles. The van der Waals surface area contributed by atoms with Crippen LogP contribution in [0, 0.1) is 0 Å². The van der Waals surface area contributed by atoms with E-state index in [1.807, 2.05) is 0 Å². The van der Waals surface area contributed by atoms with Crippen molar-refractivity contribution in [2.75, 3.05) is 32.7 Å². The fraction of sp³-hybridized carbons (Fsp3) is 0.700. The number of thioether (sulfide) groups is 1. The van der Waals surface area contributed by atoms with Crippen LogP contribution in [0.15, 0.2) is 16.1 Å². The summed E-state index contributed by atoms with van der Waals surface area (Å²) < 4.78 is 1.37. The van der Waals surface area contributed by atoms with E-state index in [0.29, 0.717) is 11.8 Å². The maximum atomic E-state index is 12.9. The summed E-state index contributed by atoms with van der Waals surface area (Å²) in [7, 11) is 0. The molecule has 0 bridgehead atoms. The number of hydrogen-bond donors (Lipinski definition) is 2. The molecule has 2 heterocycles. The Morgan fingerprint density at radius 2 is 1.97 bits per heavy atom. The van der Waals surface area contributed by atoms with Gasteiger partial charge in [0.2, 0.25) is 11.8 Å². The van der Waals surface area contributed by atoms with Crippen LogP contribution >= 0.6 is 11.8 Å². The topological polar surface area (TPSA) is 96.3 Å². The van der Waals surface area contributed by atoms with E-state index in [0.717, 1.165) is 49.5 Å². The number of aromatic nitrogens is 2. The van der Waals surface area contributed by atoms with Crippen molar-refractivity contribution in [3.63, 3.8) is 0 Å². The van der Waals surface area contributed by atoms with Gasteiger partial charge in [-0.2, -0.15) is 0 Å². The van der Waals surface area contributed by atoms with Gasteiger partial charge in [-0.25, -0.2) is 4.98 Å². The van der Waals surface area contributed by atoms with Gasteiger partial charge in [-0.15, -0.1) is 11.8 Å². The predicted octanol–water partition coefficient (Wildman–Crippen LogP) is 0.949. The van der Waals surface area contributed by atoms with Crippen LogP contribution in [-0.4, -0.2) is 64.2 Å². The molecule has 1 aliphatic heterocycles. The first kappa shape index (κ1) is 21.8. The van der Waals surface area contributed by atoms with Gasteiger partial charge >= 0.3 is 0 Å². The fourth-order valence-corrected chi connectivity index (χ4v) is 5.55. The fourth-order valence-electron chi connectivity index (χ4n) is 4.07. The number of nitrogens with one attached hydrogen (secondary N) is 2. The molecule has 2 aliphatic rings. The summed E-state index contributed by atoms with van der Waals surface area (Å²) >= 11 is 1.71. The minimum Gasteiger partial charge on any atom is -0.353 e.